The molecule has 0 aliphatic carbocycles. The second-order valence-corrected chi connectivity index (χ2v) is 9.91. The van der Waals surface area contributed by atoms with Crippen LogP contribution in [-0.4, -0.2) is 27.9 Å². The number of rotatable bonds is 9. The second-order valence-electron chi connectivity index (χ2n) is 8.15. The van der Waals surface area contributed by atoms with Crippen molar-refractivity contribution >= 4 is 61.9 Å². The minimum Gasteiger partial charge on any atom is -0.493 e. The van der Waals surface area contributed by atoms with Gasteiger partial charge >= 0.3 is 5.69 Å². The van der Waals surface area contributed by atoms with Crippen molar-refractivity contribution in [3.05, 3.63) is 100 Å². The Hall–Kier alpha value is -3.47. The average molecular weight is 620 g/mol. The maximum atomic E-state index is 13.2. The van der Waals surface area contributed by atoms with E-state index in [4.69, 9.17) is 32.7 Å². The molecular weight excluding hydrogens is 599 g/mol. The van der Waals surface area contributed by atoms with Crippen molar-refractivity contribution in [2.75, 3.05) is 7.11 Å². The Morgan fingerprint density at radius 3 is 2.66 bits per heavy atom. The topological polar surface area (TPSA) is 109 Å². The van der Waals surface area contributed by atoms with Crippen molar-refractivity contribution in [3.63, 3.8) is 0 Å². The Balaban J connectivity index is 1.74. The summed E-state index contributed by atoms with van der Waals surface area (Å²) in [7, 11) is 1.37. The molecule has 196 valence electrons. The first-order chi connectivity index (χ1) is 18.2. The number of nitro groups is 1. The number of hydrogen-bond acceptors (Lipinski definition) is 7. The van der Waals surface area contributed by atoms with E-state index in [0.29, 0.717) is 44.3 Å². The van der Waals surface area contributed by atoms with Gasteiger partial charge < -0.3 is 9.47 Å². The Morgan fingerprint density at radius 2 is 1.97 bits per heavy atom. The molecule has 0 N–H and O–H groups in total. The normalized spacial score (nSPS) is 11.3. The number of halogens is 3. The Kier molecular flexibility index (Phi) is 8.65. The lowest BCUT2D eigenvalue weighted by molar-refractivity contribution is -0.386. The Bertz CT molecular complexity index is 1620. The fourth-order valence-corrected chi connectivity index (χ4v) is 4.55. The number of fused-ring (bicyclic) bond motifs is 1. The standard InChI is InChI=1S/C26H21BrCl2N4O5/c1-3-4-24-31-21-8-6-17(27)11-19(21)26(34)32(24)30-13-15-9-22(33(35)36)25(23(10-15)37-2)38-14-16-5-7-18(28)12-20(16)29/h5-13H,3-4,14H2,1-2H3. The molecule has 3 aromatic carbocycles. The van der Waals surface area contributed by atoms with Gasteiger partial charge in [0.2, 0.25) is 5.75 Å². The highest BCUT2D eigenvalue weighted by Crippen LogP contribution is 2.39. The summed E-state index contributed by atoms with van der Waals surface area (Å²) in [5.74, 6) is 0.527. The van der Waals surface area contributed by atoms with Gasteiger partial charge in [-0.25, -0.2) is 4.98 Å². The molecule has 0 saturated carbocycles. The Labute approximate surface area is 235 Å². The van der Waals surface area contributed by atoms with E-state index in [0.717, 1.165) is 10.9 Å². The van der Waals surface area contributed by atoms with Gasteiger partial charge in [0.1, 0.15) is 12.4 Å². The number of nitrogens with zero attached hydrogens (tertiary/aromatic N) is 4. The smallest absolute Gasteiger partial charge is 0.315 e. The largest absolute Gasteiger partial charge is 0.493 e. The molecule has 0 unspecified atom stereocenters. The first-order valence-corrected chi connectivity index (χ1v) is 13.0. The van der Waals surface area contributed by atoms with Crippen LogP contribution in [-0.2, 0) is 13.0 Å². The summed E-state index contributed by atoms with van der Waals surface area (Å²) < 4.78 is 13.1. The summed E-state index contributed by atoms with van der Waals surface area (Å²) in [5, 5.41) is 17.5. The van der Waals surface area contributed by atoms with Crippen LogP contribution in [0.4, 0.5) is 5.69 Å². The molecule has 38 heavy (non-hydrogen) atoms. The first kappa shape index (κ1) is 27.6. The SMILES string of the molecule is CCCc1nc2ccc(Br)cc2c(=O)n1N=Cc1cc(OC)c(OCc2ccc(Cl)cc2Cl)c([N+](=O)[O-])c1. The van der Waals surface area contributed by atoms with Gasteiger partial charge in [-0.3, -0.25) is 14.9 Å². The number of hydrogen-bond donors (Lipinski definition) is 0. The van der Waals surface area contributed by atoms with Crippen molar-refractivity contribution in [1.82, 2.24) is 9.66 Å². The van der Waals surface area contributed by atoms with Crippen molar-refractivity contribution < 1.29 is 14.4 Å². The van der Waals surface area contributed by atoms with Gasteiger partial charge in [0.05, 0.1) is 29.2 Å². The van der Waals surface area contributed by atoms with E-state index in [1.54, 1.807) is 30.3 Å². The predicted molar refractivity (Wildman–Crippen MR) is 151 cm³/mol. The molecule has 1 heterocycles. The van der Waals surface area contributed by atoms with Crippen LogP contribution in [0.1, 0.15) is 30.3 Å². The lowest BCUT2D eigenvalue weighted by atomic mass is 10.1. The first-order valence-electron chi connectivity index (χ1n) is 11.4. The number of benzene rings is 3. The summed E-state index contributed by atoms with van der Waals surface area (Å²) in [5.41, 5.74) is 0.799. The van der Waals surface area contributed by atoms with Gasteiger partial charge in [0, 0.05) is 38.1 Å². The fourth-order valence-electron chi connectivity index (χ4n) is 3.73. The number of nitro benzene ring substituents is 1. The molecule has 0 radical (unpaired) electrons. The molecule has 1 aromatic heterocycles. The van der Waals surface area contributed by atoms with E-state index >= 15 is 0 Å². The van der Waals surface area contributed by atoms with Crippen LogP contribution < -0.4 is 15.0 Å². The van der Waals surface area contributed by atoms with Crippen molar-refractivity contribution in [2.24, 2.45) is 5.10 Å². The molecule has 0 spiro atoms. The van der Waals surface area contributed by atoms with Crippen LogP contribution in [0.3, 0.4) is 0 Å². The predicted octanol–water partition coefficient (Wildman–Crippen LogP) is 6.80. The van der Waals surface area contributed by atoms with E-state index in [9.17, 15) is 14.9 Å². The van der Waals surface area contributed by atoms with Gasteiger partial charge in [0.15, 0.2) is 5.75 Å². The second kappa shape index (κ2) is 11.9. The van der Waals surface area contributed by atoms with Crippen LogP contribution in [0.25, 0.3) is 10.9 Å². The lowest BCUT2D eigenvalue weighted by Crippen LogP contribution is -2.22. The van der Waals surface area contributed by atoms with Crippen molar-refractivity contribution in [1.29, 1.82) is 0 Å². The maximum Gasteiger partial charge on any atom is 0.315 e. The highest BCUT2D eigenvalue weighted by atomic mass is 79.9. The molecule has 0 aliphatic heterocycles. The molecular formula is C26H21BrCl2N4O5. The third-order valence-corrected chi connectivity index (χ3v) is 6.61. The summed E-state index contributed by atoms with van der Waals surface area (Å²) >= 11 is 15.5. The van der Waals surface area contributed by atoms with Crippen LogP contribution in [0.2, 0.25) is 10.0 Å². The summed E-state index contributed by atoms with van der Waals surface area (Å²) in [6, 6.07) is 13.0. The quantitative estimate of drug-likeness (QED) is 0.116. The number of aryl methyl sites for hydroxylation is 1. The molecule has 0 bridgehead atoms. The van der Waals surface area contributed by atoms with E-state index in [1.807, 2.05) is 13.0 Å². The van der Waals surface area contributed by atoms with E-state index in [1.165, 1.54) is 30.1 Å². The van der Waals surface area contributed by atoms with Gasteiger partial charge in [-0.2, -0.15) is 9.78 Å². The molecule has 4 aromatic rings. The highest BCUT2D eigenvalue weighted by Gasteiger charge is 2.23. The minimum atomic E-state index is -0.581. The molecule has 4 rings (SSSR count). The van der Waals surface area contributed by atoms with Crippen LogP contribution in [0.5, 0.6) is 11.5 Å². The molecule has 0 fully saturated rings. The molecule has 9 nitrogen and oxygen atoms in total. The molecule has 0 aliphatic rings. The van der Waals surface area contributed by atoms with Gasteiger partial charge in [-0.1, -0.05) is 52.1 Å². The molecule has 0 amide bonds. The van der Waals surface area contributed by atoms with Gasteiger partial charge in [-0.05, 0) is 42.8 Å². The van der Waals surface area contributed by atoms with Crippen molar-refractivity contribution in [3.8, 4) is 11.5 Å². The zero-order valence-corrected chi connectivity index (χ0v) is 23.4. The Morgan fingerprint density at radius 1 is 1.18 bits per heavy atom. The average Bonchev–Trinajstić information content (AvgIpc) is 2.88. The zero-order chi connectivity index (χ0) is 27.4. The van der Waals surface area contributed by atoms with E-state index in [2.05, 4.69) is 26.0 Å². The monoisotopic (exact) mass is 618 g/mol. The van der Waals surface area contributed by atoms with E-state index in [-0.39, 0.29) is 29.4 Å². The van der Waals surface area contributed by atoms with Crippen LogP contribution in [0.15, 0.2) is 62.9 Å². The minimum absolute atomic E-state index is 0.0469. The number of methoxy groups -OCH3 is 1. The molecule has 0 atom stereocenters. The summed E-state index contributed by atoms with van der Waals surface area (Å²) in [4.78, 5) is 29.2. The van der Waals surface area contributed by atoms with Crippen LogP contribution >= 0.6 is 39.1 Å². The fraction of sp³-hybridized carbons (Fsp3) is 0.192. The van der Waals surface area contributed by atoms with Gasteiger partial charge in [-0.15, -0.1) is 0 Å². The summed E-state index contributed by atoms with van der Waals surface area (Å²) in [6.07, 6.45) is 2.61. The lowest BCUT2D eigenvalue weighted by Gasteiger charge is -2.13. The van der Waals surface area contributed by atoms with Crippen LogP contribution in [0, 0.1) is 10.1 Å². The third-order valence-electron chi connectivity index (χ3n) is 5.53. The molecule has 12 heteroatoms. The van der Waals surface area contributed by atoms with Gasteiger partial charge in [0.25, 0.3) is 5.56 Å². The van der Waals surface area contributed by atoms with Crippen molar-refractivity contribution in [2.45, 2.75) is 26.4 Å². The highest BCUT2D eigenvalue weighted by molar-refractivity contribution is 9.10. The summed E-state index contributed by atoms with van der Waals surface area (Å²) in [6.45, 7) is 1.92. The number of aromatic nitrogens is 2. The maximum absolute atomic E-state index is 13.2. The number of ether oxygens (including phenoxy) is 2. The zero-order valence-electron chi connectivity index (χ0n) is 20.3. The van der Waals surface area contributed by atoms with E-state index < -0.39 is 4.92 Å². The molecule has 0 saturated heterocycles. The third kappa shape index (κ3) is 5.98.